The summed E-state index contributed by atoms with van der Waals surface area (Å²) < 4.78 is 5.58. The Morgan fingerprint density at radius 1 is 1.29 bits per heavy atom. The Morgan fingerprint density at radius 3 is 2.62 bits per heavy atom. The Kier molecular flexibility index (Phi) is 4.68. The summed E-state index contributed by atoms with van der Waals surface area (Å²) in [5.41, 5.74) is 3.11. The predicted molar refractivity (Wildman–Crippen MR) is 84.4 cm³/mol. The standard InChI is InChI=1S/C17H22N2O2/c1-11-9-15(13(3)21-11)12(2)19-16-8-6-5-7-14(16)10-17(20)18-4/h5-9,12,19H,10H2,1-4H3,(H,18,20). The quantitative estimate of drug-likeness (QED) is 0.886. The Labute approximate surface area is 125 Å². The fourth-order valence-corrected chi connectivity index (χ4v) is 2.47. The lowest BCUT2D eigenvalue weighted by atomic mass is 10.1. The first-order chi connectivity index (χ1) is 10.0. The number of likely N-dealkylation sites (N-methyl/N-ethyl adjacent to an activating group) is 1. The third kappa shape index (κ3) is 3.66. The minimum absolute atomic E-state index is 0.00670. The summed E-state index contributed by atoms with van der Waals surface area (Å²) in [6, 6.07) is 10.0. The van der Waals surface area contributed by atoms with Gasteiger partial charge in [-0.3, -0.25) is 4.79 Å². The molecule has 0 aliphatic rings. The molecule has 1 aromatic carbocycles. The van der Waals surface area contributed by atoms with Crippen LogP contribution in [0.15, 0.2) is 34.7 Å². The number of anilines is 1. The first-order valence-corrected chi connectivity index (χ1v) is 7.13. The van der Waals surface area contributed by atoms with Gasteiger partial charge in [-0.15, -0.1) is 0 Å². The van der Waals surface area contributed by atoms with Crippen LogP contribution in [-0.2, 0) is 11.2 Å². The Morgan fingerprint density at radius 2 is 2.00 bits per heavy atom. The normalized spacial score (nSPS) is 12.0. The lowest BCUT2D eigenvalue weighted by Gasteiger charge is -2.17. The highest BCUT2D eigenvalue weighted by Crippen LogP contribution is 2.26. The summed E-state index contributed by atoms with van der Waals surface area (Å²) in [6.07, 6.45) is 0.371. The molecule has 0 saturated carbocycles. The van der Waals surface area contributed by atoms with E-state index in [0.29, 0.717) is 6.42 Å². The Hall–Kier alpha value is -2.23. The van der Waals surface area contributed by atoms with Gasteiger partial charge in [0.2, 0.25) is 5.91 Å². The van der Waals surface area contributed by atoms with Crippen LogP contribution in [0.3, 0.4) is 0 Å². The summed E-state index contributed by atoms with van der Waals surface area (Å²) in [4.78, 5) is 11.6. The van der Waals surface area contributed by atoms with Crippen molar-refractivity contribution in [2.75, 3.05) is 12.4 Å². The van der Waals surface area contributed by atoms with Crippen LogP contribution < -0.4 is 10.6 Å². The number of hydrogen-bond donors (Lipinski definition) is 2. The molecule has 1 amide bonds. The van der Waals surface area contributed by atoms with Crippen LogP contribution in [0.1, 0.15) is 35.6 Å². The van der Waals surface area contributed by atoms with E-state index in [0.717, 1.165) is 28.3 Å². The van der Waals surface area contributed by atoms with Crippen LogP contribution >= 0.6 is 0 Å². The minimum Gasteiger partial charge on any atom is -0.466 e. The maximum absolute atomic E-state index is 11.6. The summed E-state index contributed by atoms with van der Waals surface area (Å²) >= 11 is 0. The molecule has 0 spiro atoms. The van der Waals surface area contributed by atoms with Crippen molar-refractivity contribution in [3.8, 4) is 0 Å². The second-order valence-corrected chi connectivity index (χ2v) is 5.24. The SMILES string of the molecule is CNC(=O)Cc1ccccc1NC(C)c1cc(C)oc1C. The molecule has 1 heterocycles. The summed E-state index contributed by atoms with van der Waals surface area (Å²) in [5, 5.41) is 6.13. The molecule has 112 valence electrons. The van der Waals surface area contributed by atoms with Gasteiger partial charge in [-0.2, -0.15) is 0 Å². The van der Waals surface area contributed by atoms with E-state index in [2.05, 4.69) is 17.6 Å². The van der Waals surface area contributed by atoms with E-state index >= 15 is 0 Å². The summed E-state index contributed by atoms with van der Waals surface area (Å²) in [6.45, 7) is 6.01. The molecule has 2 N–H and O–H groups in total. The molecule has 1 atom stereocenters. The number of hydrogen-bond acceptors (Lipinski definition) is 3. The number of carbonyl (C=O) groups is 1. The highest BCUT2D eigenvalue weighted by molar-refractivity contribution is 5.80. The molecule has 1 unspecified atom stereocenters. The van der Waals surface area contributed by atoms with E-state index in [-0.39, 0.29) is 11.9 Å². The lowest BCUT2D eigenvalue weighted by Crippen LogP contribution is -2.21. The number of carbonyl (C=O) groups excluding carboxylic acids is 1. The largest absolute Gasteiger partial charge is 0.466 e. The van der Waals surface area contributed by atoms with Crippen LogP contribution in [0, 0.1) is 13.8 Å². The van der Waals surface area contributed by atoms with Crippen molar-refractivity contribution in [3.05, 3.63) is 53.0 Å². The average molecular weight is 286 g/mol. The predicted octanol–water partition coefficient (Wildman–Crippen LogP) is 3.36. The van der Waals surface area contributed by atoms with Gasteiger partial charge in [0.15, 0.2) is 0 Å². The van der Waals surface area contributed by atoms with E-state index in [1.165, 1.54) is 0 Å². The van der Waals surface area contributed by atoms with Gasteiger partial charge in [0.1, 0.15) is 11.5 Å². The van der Waals surface area contributed by atoms with Crippen molar-refractivity contribution in [3.63, 3.8) is 0 Å². The van der Waals surface area contributed by atoms with Crippen molar-refractivity contribution in [1.29, 1.82) is 0 Å². The van der Waals surface area contributed by atoms with Gasteiger partial charge in [-0.1, -0.05) is 18.2 Å². The molecule has 0 aliphatic carbocycles. The first kappa shape index (κ1) is 15.2. The molecular formula is C17H22N2O2. The third-order valence-corrected chi connectivity index (χ3v) is 3.57. The van der Waals surface area contributed by atoms with Gasteiger partial charge in [0, 0.05) is 18.3 Å². The van der Waals surface area contributed by atoms with E-state index < -0.39 is 0 Å². The van der Waals surface area contributed by atoms with Gasteiger partial charge in [0.25, 0.3) is 0 Å². The Bertz CT molecular complexity index is 631. The maximum Gasteiger partial charge on any atom is 0.224 e. The van der Waals surface area contributed by atoms with Crippen molar-refractivity contribution >= 4 is 11.6 Å². The molecule has 0 bridgehead atoms. The summed E-state index contributed by atoms with van der Waals surface area (Å²) in [7, 11) is 1.65. The van der Waals surface area contributed by atoms with Crippen molar-refractivity contribution in [1.82, 2.24) is 5.32 Å². The molecule has 0 fully saturated rings. The third-order valence-electron chi connectivity index (χ3n) is 3.57. The van der Waals surface area contributed by atoms with Crippen LogP contribution in [-0.4, -0.2) is 13.0 Å². The number of aryl methyl sites for hydroxylation is 2. The zero-order chi connectivity index (χ0) is 15.4. The fraction of sp³-hybridized carbons (Fsp3) is 0.353. The van der Waals surface area contributed by atoms with E-state index in [1.54, 1.807) is 7.05 Å². The van der Waals surface area contributed by atoms with Gasteiger partial charge < -0.3 is 15.1 Å². The Balaban J connectivity index is 2.19. The van der Waals surface area contributed by atoms with Gasteiger partial charge >= 0.3 is 0 Å². The highest BCUT2D eigenvalue weighted by atomic mass is 16.3. The highest BCUT2D eigenvalue weighted by Gasteiger charge is 2.14. The number of nitrogens with one attached hydrogen (secondary N) is 2. The number of rotatable bonds is 5. The molecule has 2 rings (SSSR count). The molecule has 4 heteroatoms. The summed E-state index contributed by atoms with van der Waals surface area (Å²) in [5.74, 6) is 1.85. The lowest BCUT2D eigenvalue weighted by molar-refractivity contribution is -0.119. The molecule has 1 aromatic heterocycles. The zero-order valence-electron chi connectivity index (χ0n) is 13.0. The van der Waals surface area contributed by atoms with Crippen molar-refractivity contribution < 1.29 is 9.21 Å². The first-order valence-electron chi connectivity index (χ1n) is 7.13. The van der Waals surface area contributed by atoms with Gasteiger partial charge in [-0.25, -0.2) is 0 Å². The molecule has 0 aliphatic heterocycles. The van der Waals surface area contributed by atoms with E-state index in [4.69, 9.17) is 4.42 Å². The van der Waals surface area contributed by atoms with E-state index in [1.807, 2.05) is 44.2 Å². The van der Waals surface area contributed by atoms with Gasteiger partial charge in [0.05, 0.1) is 12.5 Å². The maximum atomic E-state index is 11.6. The van der Waals surface area contributed by atoms with Crippen LogP contribution in [0.25, 0.3) is 0 Å². The monoisotopic (exact) mass is 286 g/mol. The number of para-hydroxylation sites is 1. The molecule has 0 radical (unpaired) electrons. The number of amides is 1. The molecule has 0 saturated heterocycles. The second kappa shape index (κ2) is 6.48. The zero-order valence-corrected chi connectivity index (χ0v) is 13.0. The smallest absolute Gasteiger partial charge is 0.224 e. The van der Waals surface area contributed by atoms with Crippen molar-refractivity contribution in [2.45, 2.75) is 33.2 Å². The molecule has 21 heavy (non-hydrogen) atoms. The molecular weight excluding hydrogens is 264 g/mol. The number of benzene rings is 1. The van der Waals surface area contributed by atoms with E-state index in [9.17, 15) is 4.79 Å². The topological polar surface area (TPSA) is 54.3 Å². The van der Waals surface area contributed by atoms with Crippen molar-refractivity contribution in [2.24, 2.45) is 0 Å². The van der Waals surface area contributed by atoms with Crippen LogP contribution in [0.2, 0.25) is 0 Å². The molecule has 2 aromatic rings. The van der Waals surface area contributed by atoms with Crippen LogP contribution in [0.4, 0.5) is 5.69 Å². The second-order valence-electron chi connectivity index (χ2n) is 5.24. The molecule has 4 nitrogen and oxygen atoms in total. The van der Waals surface area contributed by atoms with Crippen LogP contribution in [0.5, 0.6) is 0 Å². The number of furan rings is 1. The van der Waals surface area contributed by atoms with Gasteiger partial charge in [-0.05, 0) is 38.5 Å². The average Bonchev–Trinajstić information content (AvgIpc) is 2.79. The fourth-order valence-electron chi connectivity index (χ4n) is 2.47. The minimum atomic E-state index is 0.00670.